The fourth-order valence-electron chi connectivity index (χ4n) is 1.70. The number of rotatable bonds is 0. The second-order valence-electron chi connectivity index (χ2n) is 3.35. The van der Waals surface area contributed by atoms with Gasteiger partial charge < -0.3 is 4.98 Å². The Morgan fingerprint density at radius 3 is 2.77 bits per heavy atom. The molecule has 2 aromatic rings. The molecule has 1 aromatic heterocycles. The molecule has 1 heterocycles. The highest BCUT2D eigenvalue weighted by Gasteiger charge is 2.01. The largest absolute Gasteiger partial charge is 0.361 e. The molecule has 0 aliphatic heterocycles. The van der Waals surface area contributed by atoms with E-state index in [0.717, 1.165) is 16.5 Å². The maximum atomic E-state index is 11.5. The first-order valence-electron chi connectivity index (χ1n) is 4.27. The Balaban J connectivity index is 3.03. The Hall–Kier alpha value is -1.57. The molecule has 0 aliphatic carbocycles. The van der Waals surface area contributed by atoms with Crippen LogP contribution in [-0.2, 0) is 0 Å². The van der Waals surface area contributed by atoms with Gasteiger partial charge in [0, 0.05) is 23.2 Å². The second kappa shape index (κ2) is 2.73. The average Bonchev–Trinajstić information content (AvgIpc) is 2.02. The highest BCUT2D eigenvalue weighted by Crippen LogP contribution is 2.14. The molecule has 0 spiro atoms. The van der Waals surface area contributed by atoms with Crippen LogP contribution in [0.3, 0.4) is 0 Å². The van der Waals surface area contributed by atoms with Gasteiger partial charge >= 0.3 is 0 Å². The highest BCUT2D eigenvalue weighted by molar-refractivity contribution is 5.82. The first kappa shape index (κ1) is 8.05. The predicted molar refractivity (Wildman–Crippen MR) is 54.0 cm³/mol. The summed E-state index contributed by atoms with van der Waals surface area (Å²) in [7, 11) is 0. The SMILES string of the molecule is Cc1cc(C)c2c(=O)cc[nH]c2c1. The summed E-state index contributed by atoms with van der Waals surface area (Å²) in [6.45, 7) is 3.99. The van der Waals surface area contributed by atoms with Crippen molar-refractivity contribution in [2.75, 3.05) is 0 Å². The van der Waals surface area contributed by atoms with Crippen LogP contribution in [0.2, 0.25) is 0 Å². The van der Waals surface area contributed by atoms with Crippen LogP contribution in [0.1, 0.15) is 11.1 Å². The van der Waals surface area contributed by atoms with Crippen molar-refractivity contribution in [2.24, 2.45) is 0 Å². The van der Waals surface area contributed by atoms with Crippen LogP contribution in [0.15, 0.2) is 29.2 Å². The molecule has 2 nitrogen and oxygen atoms in total. The molecule has 0 amide bonds. The van der Waals surface area contributed by atoms with Gasteiger partial charge in [0.2, 0.25) is 0 Å². The van der Waals surface area contributed by atoms with Gasteiger partial charge in [0.15, 0.2) is 5.43 Å². The van der Waals surface area contributed by atoms with Crippen LogP contribution >= 0.6 is 0 Å². The van der Waals surface area contributed by atoms with Crippen LogP contribution in [0.25, 0.3) is 10.9 Å². The smallest absolute Gasteiger partial charge is 0.189 e. The number of aromatic nitrogens is 1. The molecule has 0 aliphatic rings. The van der Waals surface area contributed by atoms with Crippen LogP contribution < -0.4 is 5.43 Å². The summed E-state index contributed by atoms with van der Waals surface area (Å²) < 4.78 is 0. The standard InChI is InChI=1S/C11H11NO/c1-7-5-8(2)11-9(6-7)12-4-3-10(11)13/h3-6H,1-2H3,(H,12,13). The van der Waals surface area contributed by atoms with Gasteiger partial charge in [-0.3, -0.25) is 4.79 Å². The Bertz CT molecular complexity index is 511. The number of hydrogen-bond donors (Lipinski definition) is 1. The fourth-order valence-corrected chi connectivity index (χ4v) is 1.70. The zero-order chi connectivity index (χ0) is 9.42. The minimum atomic E-state index is 0.0891. The molecule has 0 radical (unpaired) electrons. The lowest BCUT2D eigenvalue weighted by Gasteiger charge is -2.02. The lowest BCUT2D eigenvalue weighted by atomic mass is 10.1. The van der Waals surface area contributed by atoms with Gasteiger partial charge in [-0.05, 0) is 31.0 Å². The molecule has 0 saturated carbocycles. The summed E-state index contributed by atoms with van der Waals surface area (Å²) in [6, 6.07) is 5.58. The van der Waals surface area contributed by atoms with E-state index in [9.17, 15) is 4.79 Å². The molecule has 0 atom stereocenters. The molecular formula is C11H11NO. The third kappa shape index (κ3) is 1.24. The molecule has 0 saturated heterocycles. The normalized spacial score (nSPS) is 10.6. The molecule has 0 bridgehead atoms. The highest BCUT2D eigenvalue weighted by atomic mass is 16.1. The van der Waals surface area contributed by atoms with E-state index >= 15 is 0 Å². The summed E-state index contributed by atoms with van der Waals surface area (Å²) in [5.41, 5.74) is 3.22. The van der Waals surface area contributed by atoms with Crippen LogP contribution in [0.5, 0.6) is 0 Å². The molecule has 0 fully saturated rings. The lowest BCUT2D eigenvalue weighted by molar-refractivity contribution is 1.34. The molecule has 2 heteroatoms. The zero-order valence-electron chi connectivity index (χ0n) is 7.72. The number of hydrogen-bond acceptors (Lipinski definition) is 1. The van der Waals surface area contributed by atoms with Crippen molar-refractivity contribution >= 4 is 10.9 Å². The summed E-state index contributed by atoms with van der Waals surface area (Å²) in [5, 5.41) is 0.799. The van der Waals surface area contributed by atoms with Crippen molar-refractivity contribution in [2.45, 2.75) is 13.8 Å². The summed E-state index contributed by atoms with van der Waals surface area (Å²) in [4.78, 5) is 14.6. The van der Waals surface area contributed by atoms with Crippen molar-refractivity contribution in [3.05, 3.63) is 45.7 Å². The molecule has 1 N–H and O–H groups in total. The Morgan fingerprint density at radius 1 is 1.23 bits per heavy atom. The summed E-state index contributed by atoms with van der Waals surface area (Å²) in [6.07, 6.45) is 1.68. The molecule has 2 rings (SSSR count). The van der Waals surface area contributed by atoms with E-state index in [-0.39, 0.29) is 5.43 Å². The topological polar surface area (TPSA) is 32.9 Å². The Kier molecular flexibility index (Phi) is 1.69. The fraction of sp³-hybridized carbons (Fsp3) is 0.182. The number of pyridine rings is 1. The Labute approximate surface area is 76.2 Å². The molecule has 1 aromatic carbocycles. The quantitative estimate of drug-likeness (QED) is 0.650. The predicted octanol–water partition coefficient (Wildman–Crippen LogP) is 2.14. The number of aromatic amines is 1. The second-order valence-corrected chi connectivity index (χ2v) is 3.35. The summed E-state index contributed by atoms with van der Waals surface area (Å²) >= 11 is 0. The van der Waals surface area contributed by atoms with E-state index in [1.54, 1.807) is 12.3 Å². The van der Waals surface area contributed by atoms with Crippen LogP contribution in [0, 0.1) is 13.8 Å². The third-order valence-corrected chi connectivity index (χ3v) is 2.20. The van der Waals surface area contributed by atoms with E-state index in [0.29, 0.717) is 0 Å². The van der Waals surface area contributed by atoms with E-state index in [1.807, 2.05) is 26.0 Å². The molecule has 13 heavy (non-hydrogen) atoms. The molecule has 66 valence electrons. The lowest BCUT2D eigenvalue weighted by Crippen LogP contribution is -2.02. The minimum Gasteiger partial charge on any atom is -0.361 e. The zero-order valence-corrected chi connectivity index (χ0v) is 7.72. The monoisotopic (exact) mass is 173 g/mol. The van der Waals surface area contributed by atoms with Crippen LogP contribution in [0.4, 0.5) is 0 Å². The van der Waals surface area contributed by atoms with E-state index in [2.05, 4.69) is 4.98 Å². The van der Waals surface area contributed by atoms with E-state index in [4.69, 9.17) is 0 Å². The number of aryl methyl sites for hydroxylation is 2. The number of nitrogens with one attached hydrogen (secondary N) is 1. The van der Waals surface area contributed by atoms with Crippen molar-refractivity contribution in [1.29, 1.82) is 0 Å². The third-order valence-electron chi connectivity index (χ3n) is 2.20. The first-order valence-corrected chi connectivity index (χ1v) is 4.27. The van der Waals surface area contributed by atoms with Gasteiger partial charge in [0.1, 0.15) is 0 Å². The van der Waals surface area contributed by atoms with Gasteiger partial charge in [0.05, 0.1) is 0 Å². The van der Waals surface area contributed by atoms with Gasteiger partial charge in [-0.2, -0.15) is 0 Å². The van der Waals surface area contributed by atoms with E-state index in [1.165, 1.54) is 5.56 Å². The van der Waals surface area contributed by atoms with Gasteiger partial charge in [-0.1, -0.05) is 6.07 Å². The molecule has 0 unspecified atom stereocenters. The summed E-state index contributed by atoms with van der Waals surface area (Å²) in [5.74, 6) is 0. The average molecular weight is 173 g/mol. The number of benzene rings is 1. The Morgan fingerprint density at radius 2 is 2.00 bits per heavy atom. The van der Waals surface area contributed by atoms with Gasteiger partial charge in [-0.15, -0.1) is 0 Å². The number of H-pyrrole nitrogens is 1. The van der Waals surface area contributed by atoms with Gasteiger partial charge in [0.25, 0.3) is 0 Å². The van der Waals surface area contributed by atoms with E-state index < -0.39 is 0 Å². The van der Waals surface area contributed by atoms with Crippen molar-refractivity contribution in [3.63, 3.8) is 0 Å². The van der Waals surface area contributed by atoms with Crippen molar-refractivity contribution < 1.29 is 0 Å². The minimum absolute atomic E-state index is 0.0891. The van der Waals surface area contributed by atoms with Crippen molar-refractivity contribution in [1.82, 2.24) is 4.98 Å². The van der Waals surface area contributed by atoms with Gasteiger partial charge in [-0.25, -0.2) is 0 Å². The van der Waals surface area contributed by atoms with Crippen molar-refractivity contribution in [3.8, 4) is 0 Å². The number of fused-ring (bicyclic) bond motifs is 1. The van der Waals surface area contributed by atoms with Crippen LogP contribution in [-0.4, -0.2) is 4.98 Å². The first-order chi connectivity index (χ1) is 6.18. The maximum absolute atomic E-state index is 11.5. The maximum Gasteiger partial charge on any atom is 0.189 e. The molecular weight excluding hydrogens is 162 g/mol.